The zero-order chi connectivity index (χ0) is 14.6. The van der Waals surface area contributed by atoms with Gasteiger partial charge >= 0.3 is 0 Å². The van der Waals surface area contributed by atoms with Gasteiger partial charge in [0.2, 0.25) is 10.0 Å². The van der Waals surface area contributed by atoms with Gasteiger partial charge in [0.25, 0.3) is 0 Å². The van der Waals surface area contributed by atoms with Gasteiger partial charge in [0, 0.05) is 18.2 Å². The summed E-state index contributed by atoms with van der Waals surface area (Å²) in [7, 11) is -2.16. The summed E-state index contributed by atoms with van der Waals surface area (Å²) in [5, 5.41) is 0.545. The van der Waals surface area contributed by atoms with Crippen molar-refractivity contribution in [2.75, 3.05) is 13.7 Å². The van der Waals surface area contributed by atoms with E-state index < -0.39 is 10.0 Å². The molecule has 1 rings (SSSR count). The van der Waals surface area contributed by atoms with E-state index in [0.717, 1.165) is 0 Å². The lowest BCUT2D eigenvalue weighted by Crippen LogP contribution is -2.37. The molecular formula is C12H17Cl2NO3S. The summed E-state index contributed by atoms with van der Waals surface area (Å²) in [4.78, 5) is 0.0330. The second-order valence-electron chi connectivity index (χ2n) is 4.21. The quantitative estimate of drug-likeness (QED) is 0.874. The summed E-state index contributed by atoms with van der Waals surface area (Å²) in [5.74, 6) is 0. The molecule has 0 aliphatic rings. The Bertz CT molecular complexity index is 546. The molecule has 0 amide bonds. The Morgan fingerprint density at radius 1 is 1.32 bits per heavy atom. The van der Waals surface area contributed by atoms with E-state index in [1.165, 1.54) is 19.2 Å². The van der Waals surface area contributed by atoms with E-state index in [2.05, 4.69) is 4.72 Å². The van der Waals surface area contributed by atoms with Gasteiger partial charge in [-0.25, -0.2) is 13.1 Å². The summed E-state index contributed by atoms with van der Waals surface area (Å²) < 4.78 is 32.1. The number of halogens is 2. The van der Waals surface area contributed by atoms with Crippen LogP contribution < -0.4 is 4.72 Å². The third kappa shape index (κ3) is 4.33. The Hall–Kier alpha value is -0.330. The Labute approximate surface area is 124 Å². The second-order valence-corrected chi connectivity index (χ2v) is 6.71. The van der Waals surface area contributed by atoms with Crippen LogP contribution >= 0.6 is 23.2 Å². The molecule has 1 aromatic carbocycles. The molecule has 0 saturated heterocycles. The van der Waals surface area contributed by atoms with E-state index >= 15 is 0 Å². The van der Waals surface area contributed by atoms with Crippen LogP contribution in [0.15, 0.2) is 17.0 Å². The van der Waals surface area contributed by atoms with E-state index in [9.17, 15) is 8.42 Å². The van der Waals surface area contributed by atoms with Crippen LogP contribution in [0.2, 0.25) is 10.0 Å². The van der Waals surface area contributed by atoms with Crippen LogP contribution in [0.4, 0.5) is 0 Å². The van der Waals surface area contributed by atoms with Crippen molar-refractivity contribution in [2.24, 2.45) is 0 Å². The SMILES string of the molecule is CCC(COC)NS(=O)(=O)c1cc(C)c(Cl)cc1Cl. The minimum absolute atomic E-state index is 0.0330. The van der Waals surface area contributed by atoms with Gasteiger partial charge < -0.3 is 4.74 Å². The minimum atomic E-state index is -3.68. The first-order valence-corrected chi connectivity index (χ1v) is 8.02. The Kier molecular flexibility index (Phi) is 6.08. The van der Waals surface area contributed by atoms with Crippen LogP contribution in [0.3, 0.4) is 0 Å². The number of aryl methyl sites for hydroxylation is 1. The van der Waals surface area contributed by atoms with E-state index in [1.54, 1.807) is 6.92 Å². The monoisotopic (exact) mass is 325 g/mol. The van der Waals surface area contributed by atoms with Crippen molar-refractivity contribution in [3.63, 3.8) is 0 Å². The van der Waals surface area contributed by atoms with Gasteiger partial charge in [0.05, 0.1) is 11.6 Å². The first-order valence-electron chi connectivity index (χ1n) is 5.78. The fraction of sp³-hybridized carbons (Fsp3) is 0.500. The summed E-state index contributed by atoms with van der Waals surface area (Å²) in [6.07, 6.45) is 0.622. The predicted octanol–water partition coefficient (Wildman–Crippen LogP) is 3.01. The number of methoxy groups -OCH3 is 1. The maximum absolute atomic E-state index is 12.3. The fourth-order valence-electron chi connectivity index (χ4n) is 1.56. The summed E-state index contributed by atoms with van der Waals surface area (Å²) in [5.41, 5.74) is 0.659. The van der Waals surface area contributed by atoms with Crippen molar-refractivity contribution in [3.05, 3.63) is 27.7 Å². The third-order valence-electron chi connectivity index (χ3n) is 2.69. The number of benzene rings is 1. The molecule has 0 aliphatic carbocycles. The van der Waals surface area contributed by atoms with Crippen molar-refractivity contribution in [1.29, 1.82) is 0 Å². The lowest BCUT2D eigenvalue weighted by Gasteiger charge is -2.17. The predicted molar refractivity (Wildman–Crippen MR) is 77.5 cm³/mol. The Morgan fingerprint density at radius 3 is 2.47 bits per heavy atom. The number of sulfonamides is 1. The Morgan fingerprint density at radius 2 is 1.95 bits per heavy atom. The normalized spacial score (nSPS) is 13.5. The van der Waals surface area contributed by atoms with Crippen molar-refractivity contribution in [3.8, 4) is 0 Å². The third-order valence-corrected chi connectivity index (χ3v) is 5.08. The first kappa shape index (κ1) is 16.7. The molecule has 108 valence electrons. The highest BCUT2D eigenvalue weighted by Gasteiger charge is 2.22. The van der Waals surface area contributed by atoms with Gasteiger partial charge in [-0.3, -0.25) is 0 Å². The van der Waals surface area contributed by atoms with Gasteiger partial charge in [-0.15, -0.1) is 0 Å². The van der Waals surface area contributed by atoms with Crippen LogP contribution in [0, 0.1) is 6.92 Å². The average molecular weight is 326 g/mol. The number of rotatable bonds is 6. The molecule has 4 nitrogen and oxygen atoms in total. The molecule has 0 fully saturated rings. The standard InChI is InChI=1S/C12H17Cl2NO3S/c1-4-9(7-18-3)15-19(16,17)12-5-8(2)10(13)6-11(12)14/h5-6,9,15H,4,7H2,1-3H3. The summed E-state index contributed by atoms with van der Waals surface area (Å²) in [6.45, 7) is 3.91. The molecule has 0 radical (unpaired) electrons. The number of ether oxygens (including phenoxy) is 1. The molecule has 1 unspecified atom stereocenters. The van der Waals surface area contributed by atoms with Crippen LogP contribution in [0.25, 0.3) is 0 Å². The highest BCUT2D eigenvalue weighted by molar-refractivity contribution is 7.89. The van der Waals surface area contributed by atoms with Crippen molar-refractivity contribution in [1.82, 2.24) is 4.72 Å². The highest BCUT2D eigenvalue weighted by Crippen LogP contribution is 2.28. The van der Waals surface area contributed by atoms with Gasteiger partial charge in [-0.1, -0.05) is 30.1 Å². The minimum Gasteiger partial charge on any atom is -0.383 e. The average Bonchev–Trinajstić information content (AvgIpc) is 2.32. The zero-order valence-electron chi connectivity index (χ0n) is 11.0. The van der Waals surface area contributed by atoms with Crippen molar-refractivity contribution >= 4 is 33.2 Å². The maximum atomic E-state index is 12.3. The largest absolute Gasteiger partial charge is 0.383 e. The van der Waals surface area contributed by atoms with E-state index in [1.807, 2.05) is 6.92 Å². The number of hydrogen-bond acceptors (Lipinski definition) is 3. The molecule has 0 bridgehead atoms. The van der Waals surface area contributed by atoms with E-state index in [-0.39, 0.29) is 16.0 Å². The van der Waals surface area contributed by atoms with Crippen LogP contribution in [-0.4, -0.2) is 28.2 Å². The lowest BCUT2D eigenvalue weighted by atomic mass is 10.2. The molecule has 0 aliphatic heterocycles. The van der Waals surface area contributed by atoms with E-state index in [4.69, 9.17) is 27.9 Å². The number of hydrogen-bond donors (Lipinski definition) is 1. The molecule has 0 heterocycles. The molecule has 0 aromatic heterocycles. The fourth-order valence-corrected chi connectivity index (χ4v) is 3.69. The Balaban J connectivity index is 3.10. The van der Waals surface area contributed by atoms with Gasteiger partial charge in [0.15, 0.2) is 0 Å². The number of nitrogens with one attached hydrogen (secondary N) is 1. The highest BCUT2D eigenvalue weighted by atomic mass is 35.5. The van der Waals surface area contributed by atoms with Gasteiger partial charge in [-0.05, 0) is 31.0 Å². The summed E-state index contributed by atoms with van der Waals surface area (Å²) in [6, 6.07) is 2.61. The lowest BCUT2D eigenvalue weighted by molar-refractivity contribution is 0.173. The van der Waals surface area contributed by atoms with Gasteiger partial charge in [0.1, 0.15) is 4.90 Å². The molecule has 19 heavy (non-hydrogen) atoms. The molecule has 1 atom stereocenters. The first-order chi connectivity index (χ1) is 8.81. The van der Waals surface area contributed by atoms with Crippen molar-refractivity contribution in [2.45, 2.75) is 31.2 Å². The maximum Gasteiger partial charge on any atom is 0.242 e. The topological polar surface area (TPSA) is 55.4 Å². The van der Waals surface area contributed by atoms with Crippen LogP contribution in [0.5, 0.6) is 0 Å². The smallest absolute Gasteiger partial charge is 0.242 e. The zero-order valence-corrected chi connectivity index (χ0v) is 13.4. The van der Waals surface area contributed by atoms with E-state index in [0.29, 0.717) is 23.6 Å². The molecule has 7 heteroatoms. The van der Waals surface area contributed by atoms with Crippen LogP contribution in [0.1, 0.15) is 18.9 Å². The molecule has 1 aromatic rings. The second kappa shape index (κ2) is 6.90. The summed E-state index contributed by atoms with van der Waals surface area (Å²) >= 11 is 11.9. The van der Waals surface area contributed by atoms with Gasteiger partial charge in [-0.2, -0.15) is 0 Å². The molecule has 1 N–H and O–H groups in total. The van der Waals surface area contributed by atoms with Crippen LogP contribution in [-0.2, 0) is 14.8 Å². The molecular weight excluding hydrogens is 309 g/mol. The van der Waals surface area contributed by atoms with Crippen molar-refractivity contribution < 1.29 is 13.2 Å². The molecule has 0 spiro atoms. The molecule has 0 saturated carbocycles.